The van der Waals surface area contributed by atoms with Gasteiger partial charge in [-0.2, -0.15) is 0 Å². The first-order valence-electron chi connectivity index (χ1n) is 7.19. The number of aromatic nitrogens is 2. The molecule has 2 heterocycles. The Labute approximate surface area is 137 Å². The number of nitrogens with zero attached hydrogens (tertiary/aromatic N) is 2. The summed E-state index contributed by atoms with van der Waals surface area (Å²) < 4.78 is 2.39. The van der Waals surface area contributed by atoms with Crippen LogP contribution < -0.4 is 11.2 Å². The minimum absolute atomic E-state index is 0.0562. The highest BCUT2D eigenvalue weighted by Crippen LogP contribution is 2.38. The lowest BCUT2D eigenvalue weighted by molar-refractivity contribution is 0.102. The predicted octanol–water partition coefficient (Wildman–Crippen LogP) is 1.84. The number of ketones is 1. The van der Waals surface area contributed by atoms with Gasteiger partial charge in [0.1, 0.15) is 0 Å². The van der Waals surface area contributed by atoms with Crippen molar-refractivity contribution in [3.63, 3.8) is 0 Å². The molecule has 23 heavy (non-hydrogen) atoms. The van der Waals surface area contributed by atoms with E-state index < -0.39 is 5.56 Å². The second-order valence-corrected chi connectivity index (χ2v) is 6.91. The number of Topliss-reactive ketones (excluding diaryl/α,β-unsaturated/α-hetero) is 1. The molecule has 0 spiro atoms. The maximum atomic E-state index is 12.7. The van der Waals surface area contributed by atoms with E-state index in [0.717, 1.165) is 9.46 Å². The van der Waals surface area contributed by atoms with Crippen molar-refractivity contribution in [3.8, 4) is 0 Å². The van der Waals surface area contributed by atoms with Crippen molar-refractivity contribution >= 4 is 23.6 Å². The lowest BCUT2D eigenvalue weighted by Gasteiger charge is -2.23. The molecule has 5 nitrogen and oxygen atoms in total. The second-order valence-electron chi connectivity index (χ2n) is 5.53. The molecule has 1 aromatic carbocycles. The van der Waals surface area contributed by atoms with Gasteiger partial charge in [-0.25, -0.2) is 4.79 Å². The SMILES string of the molecule is CC1Sc2ccccc2C(=O)C1=Cc1cn(C)c(=O)n(C)c1=O. The molecular formula is C17H16N2O3S. The number of aryl methyl sites for hydroxylation is 1. The van der Waals surface area contributed by atoms with Crippen molar-refractivity contribution in [2.75, 3.05) is 0 Å². The van der Waals surface area contributed by atoms with Crippen LogP contribution in [0.4, 0.5) is 0 Å². The third kappa shape index (κ3) is 2.59. The predicted molar refractivity (Wildman–Crippen MR) is 91.0 cm³/mol. The minimum atomic E-state index is -0.399. The number of hydrogen-bond acceptors (Lipinski definition) is 4. The normalized spacial score (nSPS) is 19.0. The molecule has 2 aromatic rings. The number of carbonyl (C=O) groups is 1. The summed E-state index contributed by atoms with van der Waals surface area (Å²) in [5.74, 6) is -0.0669. The van der Waals surface area contributed by atoms with Crippen molar-refractivity contribution in [2.24, 2.45) is 14.1 Å². The summed E-state index contributed by atoms with van der Waals surface area (Å²) in [4.78, 5) is 37.7. The van der Waals surface area contributed by atoms with Gasteiger partial charge in [0.15, 0.2) is 5.78 Å². The van der Waals surface area contributed by atoms with E-state index >= 15 is 0 Å². The van der Waals surface area contributed by atoms with E-state index in [0.29, 0.717) is 16.7 Å². The lowest BCUT2D eigenvalue weighted by Crippen LogP contribution is -2.37. The largest absolute Gasteiger partial charge is 0.330 e. The number of rotatable bonds is 1. The van der Waals surface area contributed by atoms with Gasteiger partial charge in [-0.05, 0) is 25.1 Å². The first-order chi connectivity index (χ1) is 10.9. The Balaban J connectivity index is 2.16. The molecule has 0 bridgehead atoms. The zero-order chi connectivity index (χ0) is 16.7. The molecule has 1 atom stereocenters. The zero-order valence-corrected chi connectivity index (χ0v) is 13.9. The summed E-state index contributed by atoms with van der Waals surface area (Å²) in [6, 6.07) is 7.46. The Kier molecular flexibility index (Phi) is 3.85. The zero-order valence-electron chi connectivity index (χ0n) is 13.1. The maximum absolute atomic E-state index is 12.7. The van der Waals surface area contributed by atoms with E-state index in [-0.39, 0.29) is 16.7 Å². The van der Waals surface area contributed by atoms with Gasteiger partial charge in [-0.3, -0.25) is 14.2 Å². The highest BCUT2D eigenvalue weighted by molar-refractivity contribution is 8.00. The highest BCUT2D eigenvalue weighted by atomic mass is 32.2. The van der Waals surface area contributed by atoms with Crippen LogP contribution in [0.25, 0.3) is 6.08 Å². The van der Waals surface area contributed by atoms with Crippen LogP contribution in [0.2, 0.25) is 0 Å². The molecule has 0 fully saturated rings. The van der Waals surface area contributed by atoms with Crippen molar-refractivity contribution < 1.29 is 4.79 Å². The van der Waals surface area contributed by atoms with Gasteiger partial charge in [0.2, 0.25) is 0 Å². The Morgan fingerprint density at radius 2 is 1.83 bits per heavy atom. The average Bonchev–Trinajstić information content (AvgIpc) is 2.54. The molecule has 6 heteroatoms. The summed E-state index contributed by atoms with van der Waals surface area (Å²) in [6.45, 7) is 1.94. The van der Waals surface area contributed by atoms with Crippen LogP contribution in [0, 0.1) is 0 Å². The number of hydrogen-bond donors (Lipinski definition) is 0. The van der Waals surface area contributed by atoms with Gasteiger partial charge >= 0.3 is 5.69 Å². The summed E-state index contributed by atoms with van der Waals surface area (Å²) in [5, 5.41) is -0.0562. The van der Waals surface area contributed by atoms with Crippen LogP contribution >= 0.6 is 11.8 Å². The fraction of sp³-hybridized carbons (Fsp3) is 0.235. The number of fused-ring (bicyclic) bond motifs is 1. The summed E-state index contributed by atoms with van der Waals surface area (Å²) in [5.41, 5.74) is 0.780. The van der Waals surface area contributed by atoms with E-state index in [1.54, 1.807) is 31.0 Å². The maximum Gasteiger partial charge on any atom is 0.330 e. The molecule has 118 valence electrons. The Hall–Kier alpha value is -2.34. The molecule has 1 unspecified atom stereocenters. The molecule has 0 radical (unpaired) electrons. The summed E-state index contributed by atoms with van der Waals surface area (Å²) in [6.07, 6.45) is 3.08. The molecule has 1 aliphatic heterocycles. The third-order valence-electron chi connectivity index (χ3n) is 3.92. The van der Waals surface area contributed by atoms with E-state index in [2.05, 4.69) is 0 Å². The molecule has 0 saturated heterocycles. The van der Waals surface area contributed by atoms with Crippen LogP contribution in [-0.4, -0.2) is 20.2 Å². The average molecular weight is 328 g/mol. The van der Waals surface area contributed by atoms with Crippen molar-refractivity contribution in [3.05, 3.63) is 68.0 Å². The van der Waals surface area contributed by atoms with Gasteiger partial charge in [0.25, 0.3) is 5.56 Å². The second kappa shape index (κ2) is 5.70. The molecule has 1 aliphatic rings. The Morgan fingerprint density at radius 1 is 1.13 bits per heavy atom. The quantitative estimate of drug-likeness (QED) is 0.750. The molecule has 0 N–H and O–H groups in total. The van der Waals surface area contributed by atoms with Crippen LogP contribution in [0.1, 0.15) is 22.8 Å². The third-order valence-corrected chi connectivity index (χ3v) is 5.14. The molecule has 3 rings (SSSR count). The number of carbonyl (C=O) groups excluding carboxylic acids is 1. The van der Waals surface area contributed by atoms with Crippen molar-refractivity contribution in [1.82, 2.24) is 9.13 Å². The van der Waals surface area contributed by atoms with Crippen LogP contribution in [-0.2, 0) is 14.1 Å². The minimum Gasteiger partial charge on any atom is -0.303 e. The Morgan fingerprint density at radius 3 is 2.57 bits per heavy atom. The van der Waals surface area contributed by atoms with Gasteiger partial charge < -0.3 is 4.57 Å². The Bertz CT molecular complexity index is 953. The molecular weight excluding hydrogens is 312 g/mol. The van der Waals surface area contributed by atoms with E-state index in [1.807, 2.05) is 25.1 Å². The van der Waals surface area contributed by atoms with Crippen molar-refractivity contribution in [2.45, 2.75) is 17.1 Å². The molecule has 0 aliphatic carbocycles. The van der Waals surface area contributed by atoms with Crippen LogP contribution in [0.15, 0.2) is 50.5 Å². The topological polar surface area (TPSA) is 61.1 Å². The van der Waals surface area contributed by atoms with Crippen LogP contribution in [0.3, 0.4) is 0 Å². The summed E-state index contributed by atoms with van der Waals surface area (Å²) >= 11 is 1.59. The molecule has 1 aromatic heterocycles. The van der Waals surface area contributed by atoms with E-state index in [4.69, 9.17) is 0 Å². The van der Waals surface area contributed by atoms with Gasteiger partial charge in [0, 0.05) is 41.6 Å². The van der Waals surface area contributed by atoms with Gasteiger partial charge in [-0.15, -0.1) is 11.8 Å². The monoisotopic (exact) mass is 328 g/mol. The number of benzene rings is 1. The standard InChI is InChI=1S/C17H16N2O3S/c1-10-13(15(20)12-6-4-5-7-14(12)23-10)8-11-9-18(2)17(22)19(3)16(11)21/h4-10H,1-3H3. The molecule has 0 saturated carbocycles. The lowest BCUT2D eigenvalue weighted by atomic mass is 9.98. The fourth-order valence-corrected chi connectivity index (χ4v) is 3.76. The fourth-order valence-electron chi connectivity index (χ4n) is 2.64. The van der Waals surface area contributed by atoms with Gasteiger partial charge in [-0.1, -0.05) is 12.1 Å². The van der Waals surface area contributed by atoms with Crippen molar-refractivity contribution in [1.29, 1.82) is 0 Å². The first kappa shape index (κ1) is 15.6. The van der Waals surface area contributed by atoms with Crippen LogP contribution in [0.5, 0.6) is 0 Å². The highest BCUT2D eigenvalue weighted by Gasteiger charge is 2.28. The first-order valence-corrected chi connectivity index (χ1v) is 8.06. The molecule has 0 amide bonds. The smallest absolute Gasteiger partial charge is 0.303 e. The van der Waals surface area contributed by atoms with E-state index in [9.17, 15) is 14.4 Å². The van der Waals surface area contributed by atoms with E-state index in [1.165, 1.54) is 17.8 Å². The van der Waals surface area contributed by atoms with Gasteiger partial charge in [0.05, 0.1) is 5.56 Å². The summed E-state index contributed by atoms with van der Waals surface area (Å²) in [7, 11) is 3.02. The number of thioether (sulfide) groups is 1.